The van der Waals surface area contributed by atoms with E-state index in [-0.39, 0.29) is 6.10 Å². The highest BCUT2D eigenvalue weighted by atomic mass is 16.3. The summed E-state index contributed by atoms with van der Waals surface area (Å²) >= 11 is 0. The molecule has 0 unspecified atom stereocenters. The van der Waals surface area contributed by atoms with Gasteiger partial charge in [0.25, 0.3) is 0 Å². The summed E-state index contributed by atoms with van der Waals surface area (Å²) in [5.74, 6) is 0.308. The van der Waals surface area contributed by atoms with Crippen LogP contribution >= 0.6 is 0 Å². The van der Waals surface area contributed by atoms with Gasteiger partial charge in [0.05, 0.1) is 6.10 Å². The second kappa shape index (κ2) is 3.98. The zero-order valence-corrected chi connectivity index (χ0v) is 8.06. The molecule has 3 nitrogen and oxygen atoms in total. The van der Waals surface area contributed by atoms with Gasteiger partial charge in [-0.05, 0) is 24.1 Å². The van der Waals surface area contributed by atoms with Crippen molar-refractivity contribution in [1.82, 2.24) is 4.90 Å². The summed E-state index contributed by atoms with van der Waals surface area (Å²) in [6.07, 6.45) is 0.686. The lowest BCUT2D eigenvalue weighted by Crippen LogP contribution is -2.21. The molecule has 0 spiro atoms. The van der Waals surface area contributed by atoms with Crippen molar-refractivity contribution in [1.29, 1.82) is 0 Å². The number of aliphatic hydroxyl groups is 1. The molecule has 3 heteroatoms. The van der Waals surface area contributed by atoms with Crippen molar-refractivity contribution >= 4 is 0 Å². The quantitative estimate of drug-likeness (QED) is 0.735. The molecule has 1 atom stereocenters. The zero-order valence-electron chi connectivity index (χ0n) is 8.06. The minimum Gasteiger partial charge on any atom is -0.508 e. The van der Waals surface area contributed by atoms with Crippen LogP contribution < -0.4 is 0 Å². The fourth-order valence-electron chi connectivity index (χ4n) is 1.87. The molecule has 1 fully saturated rings. The number of hydrogen-bond donors (Lipinski definition) is 2. The van der Waals surface area contributed by atoms with Gasteiger partial charge >= 0.3 is 0 Å². The Balaban J connectivity index is 1.97. The Hall–Kier alpha value is -1.06. The lowest BCUT2D eigenvalue weighted by atomic mass is 10.2. The van der Waals surface area contributed by atoms with E-state index >= 15 is 0 Å². The van der Waals surface area contributed by atoms with Crippen LogP contribution in [0, 0.1) is 0 Å². The molecule has 0 aliphatic carbocycles. The molecule has 1 aliphatic rings. The molecule has 0 aromatic heterocycles. The summed E-state index contributed by atoms with van der Waals surface area (Å²) in [5.41, 5.74) is 1.10. The van der Waals surface area contributed by atoms with Gasteiger partial charge < -0.3 is 10.2 Å². The second-order valence-electron chi connectivity index (χ2n) is 3.85. The van der Waals surface area contributed by atoms with Gasteiger partial charge in [-0.3, -0.25) is 4.90 Å². The highest BCUT2D eigenvalue weighted by molar-refractivity contribution is 5.27. The van der Waals surface area contributed by atoms with E-state index in [4.69, 9.17) is 0 Å². The first-order chi connectivity index (χ1) is 6.74. The van der Waals surface area contributed by atoms with E-state index in [1.807, 2.05) is 12.1 Å². The van der Waals surface area contributed by atoms with Crippen molar-refractivity contribution in [2.45, 2.75) is 19.1 Å². The van der Waals surface area contributed by atoms with E-state index in [9.17, 15) is 10.2 Å². The van der Waals surface area contributed by atoms with E-state index in [1.54, 1.807) is 12.1 Å². The molecule has 1 aliphatic heterocycles. The van der Waals surface area contributed by atoms with Crippen LogP contribution in [0.5, 0.6) is 5.75 Å². The van der Waals surface area contributed by atoms with Crippen molar-refractivity contribution in [3.05, 3.63) is 29.8 Å². The normalized spacial score (nSPS) is 22.8. The predicted molar refractivity (Wildman–Crippen MR) is 54.0 cm³/mol. The van der Waals surface area contributed by atoms with Crippen LogP contribution in [-0.2, 0) is 6.54 Å². The van der Waals surface area contributed by atoms with Crippen LogP contribution in [0.15, 0.2) is 24.3 Å². The number of aromatic hydroxyl groups is 1. The molecule has 0 amide bonds. The first kappa shape index (κ1) is 9.49. The Kier molecular flexibility index (Phi) is 2.70. The minimum absolute atomic E-state index is 0.174. The largest absolute Gasteiger partial charge is 0.508 e. The van der Waals surface area contributed by atoms with E-state index < -0.39 is 0 Å². The Morgan fingerprint density at radius 1 is 1.43 bits per heavy atom. The summed E-state index contributed by atoms with van der Waals surface area (Å²) < 4.78 is 0. The molecule has 14 heavy (non-hydrogen) atoms. The predicted octanol–water partition coefficient (Wildman–Crippen LogP) is 0.959. The third-order valence-corrected chi connectivity index (χ3v) is 2.56. The first-order valence-electron chi connectivity index (χ1n) is 4.92. The summed E-state index contributed by atoms with van der Waals surface area (Å²) in [6, 6.07) is 7.27. The van der Waals surface area contributed by atoms with Crippen LogP contribution in [0.4, 0.5) is 0 Å². The molecule has 2 N–H and O–H groups in total. The Morgan fingerprint density at radius 2 is 2.29 bits per heavy atom. The topological polar surface area (TPSA) is 43.7 Å². The van der Waals surface area contributed by atoms with Gasteiger partial charge in [-0.1, -0.05) is 12.1 Å². The van der Waals surface area contributed by atoms with E-state index in [1.165, 1.54) is 0 Å². The molecule has 0 bridgehead atoms. The summed E-state index contributed by atoms with van der Waals surface area (Å²) in [5, 5.41) is 18.6. The van der Waals surface area contributed by atoms with E-state index in [0.29, 0.717) is 5.75 Å². The number of aliphatic hydroxyl groups excluding tert-OH is 1. The third kappa shape index (κ3) is 2.25. The van der Waals surface area contributed by atoms with Crippen molar-refractivity contribution in [2.75, 3.05) is 13.1 Å². The maximum atomic E-state index is 9.34. The summed E-state index contributed by atoms with van der Waals surface area (Å²) in [6.45, 7) is 2.50. The monoisotopic (exact) mass is 193 g/mol. The molecule has 1 aromatic rings. The molecule has 1 aromatic carbocycles. The van der Waals surface area contributed by atoms with Gasteiger partial charge in [-0.25, -0.2) is 0 Å². The van der Waals surface area contributed by atoms with E-state index in [2.05, 4.69) is 4.90 Å². The second-order valence-corrected chi connectivity index (χ2v) is 3.85. The van der Waals surface area contributed by atoms with Crippen molar-refractivity contribution in [3.63, 3.8) is 0 Å². The smallest absolute Gasteiger partial charge is 0.115 e. The van der Waals surface area contributed by atoms with Crippen LogP contribution in [0.2, 0.25) is 0 Å². The lowest BCUT2D eigenvalue weighted by molar-refractivity contribution is 0.175. The highest BCUT2D eigenvalue weighted by Gasteiger charge is 2.19. The number of likely N-dealkylation sites (tertiary alicyclic amines) is 1. The number of hydrogen-bond acceptors (Lipinski definition) is 3. The van der Waals surface area contributed by atoms with Gasteiger partial charge in [0.1, 0.15) is 5.75 Å². The number of nitrogens with zero attached hydrogens (tertiary/aromatic N) is 1. The molecular weight excluding hydrogens is 178 g/mol. The van der Waals surface area contributed by atoms with Crippen molar-refractivity contribution < 1.29 is 10.2 Å². The van der Waals surface area contributed by atoms with Gasteiger partial charge in [-0.15, -0.1) is 0 Å². The van der Waals surface area contributed by atoms with Gasteiger partial charge in [0, 0.05) is 19.6 Å². The SMILES string of the molecule is Oc1cccc(CN2CC[C@@H](O)C2)c1. The summed E-state index contributed by atoms with van der Waals surface area (Å²) in [7, 11) is 0. The maximum Gasteiger partial charge on any atom is 0.115 e. The molecular formula is C11H15NO2. The number of rotatable bonds is 2. The van der Waals surface area contributed by atoms with Crippen LogP contribution in [0.1, 0.15) is 12.0 Å². The molecule has 1 heterocycles. The molecule has 76 valence electrons. The van der Waals surface area contributed by atoms with Gasteiger partial charge in [0.2, 0.25) is 0 Å². The average Bonchev–Trinajstić information content (AvgIpc) is 2.51. The first-order valence-corrected chi connectivity index (χ1v) is 4.92. The maximum absolute atomic E-state index is 9.34. The standard InChI is InChI=1S/C11H15NO2/c13-10-3-1-2-9(6-10)7-12-5-4-11(14)8-12/h1-3,6,11,13-14H,4-5,7-8H2/t11-/m1/s1. The van der Waals surface area contributed by atoms with E-state index in [0.717, 1.165) is 31.6 Å². The average molecular weight is 193 g/mol. The zero-order chi connectivity index (χ0) is 9.97. The Morgan fingerprint density at radius 3 is 2.93 bits per heavy atom. The lowest BCUT2D eigenvalue weighted by Gasteiger charge is -2.14. The Labute approximate surface area is 83.6 Å². The third-order valence-electron chi connectivity index (χ3n) is 2.56. The molecule has 0 radical (unpaired) electrons. The number of phenolic OH excluding ortho intramolecular Hbond substituents is 1. The summed E-state index contributed by atoms with van der Waals surface area (Å²) in [4.78, 5) is 2.19. The van der Waals surface area contributed by atoms with Crippen LogP contribution in [-0.4, -0.2) is 34.3 Å². The van der Waals surface area contributed by atoms with Crippen LogP contribution in [0.3, 0.4) is 0 Å². The van der Waals surface area contributed by atoms with Crippen molar-refractivity contribution in [3.8, 4) is 5.75 Å². The molecule has 1 saturated heterocycles. The molecule has 2 rings (SSSR count). The highest BCUT2D eigenvalue weighted by Crippen LogP contribution is 2.16. The fourth-order valence-corrected chi connectivity index (χ4v) is 1.87. The molecule has 0 saturated carbocycles. The Bertz CT molecular complexity index is 314. The number of benzene rings is 1. The van der Waals surface area contributed by atoms with Gasteiger partial charge in [-0.2, -0.15) is 0 Å². The van der Waals surface area contributed by atoms with Gasteiger partial charge in [0.15, 0.2) is 0 Å². The minimum atomic E-state index is -0.174. The number of β-amino-alcohol motifs (C(OH)–C–C–N with tert-alkyl or cyclic N) is 1. The fraction of sp³-hybridized carbons (Fsp3) is 0.455. The number of phenols is 1. The van der Waals surface area contributed by atoms with Crippen molar-refractivity contribution in [2.24, 2.45) is 0 Å². The van der Waals surface area contributed by atoms with Crippen LogP contribution in [0.25, 0.3) is 0 Å².